The Balaban J connectivity index is 0.000000235. The van der Waals surface area contributed by atoms with Crippen LogP contribution in [-0.2, 0) is 9.47 Å². The van der Waals surface area contributed by atoms with Gasteiger partial charge in [0, 0.05) is 31.2 Å². The minimum atomic E-state index is -0.361. The molecular formula is C22H39BrN4O4. The molecule has 2 fully saturated rings. The van der Waals surface area contributed by atoms with Gasteiger partial charge in [0.25, 0.3) is 0 Å². The Hall–Kier alpha value is -1.55. The summed E-state index contributed by atoms with van der Waals surface area (Å²) in [6.45, 7) is 8.25. The highest BCUT2D eigenvalue weighted by atomic mass is 79.9. The SMILES string of the molecule is CC(C)(C)OC(=O)N1CCCC1.CN(N)C1CCCCO1.COc1cc(Br)ccc1N. The molecule has 0 aromatic heterocycles. The number of anilines is 1. The molecule has 0 radical (unpaired) electrons. The minimum Gasteiger partial charge on any atom is -0.495 e. The van der Waals surface area contributed by atoms with Crippen LogP contribution >= 0.6 is 15.9 Å². The average Bonchev–Trinajstić information content (AvgIpc) is 3.25. The number of amides is 1. The molecule has 2 aliphatic rings. The summed E-state index contributed by atoms with van der Waals surface area (Å²) in [5.41, 5.74) is 5.85. The molecule has 2 aliphatic heterocycles. The molecule has 2 saturated heterocycles. The fourth-order valence-corrected chi connectivity index (χ4v) is 3.30. The molecule has 3 rings (SSSR count). The van der Waals surface area contributed by atoms with Crippen LogP contribution in [0.1, 0.15) is 52.9 Å². The zero-order chi connectivity index (χ0) is 23.4. The maximum absolute atomic E-state index is 11.4. The summed E-state index contributed by atoms with van der Waals surface area (Å²) in [4.78, 5) is 13.1. The molecule has 8 nitrogen and oxygen atoms in total. The van der Waals surface area contributed by atoms with Crippen molar-refractivity contribution in [2.45, 2.75) is 64.7 Å². The first kappa shape index (κ1) is 27.5. The van der Waals surface area contributed by atoms with Crippen molar-refractivity contribution in [2.24, 2.45) is 5.84 Å². The van der Waals surface area contributed by atoms with E-state index < -0.39 is 0 Å². The van der Waals surface area contributed by atoms with Crippen LogP contribution in [0.2, 0.25) is 0 Å². The Kier molecular flexibility index (Phi) is 12.2. The Morgan fingerprint density at radius 1 is 1.23 bits per heavy atom. The third kappa shape index (κ3) is 11.6. The van der Waals surface area contributed by atoms with Gasteiger partial charge in [-0.15, -0.1) is 0 Å². The lowest BCUT2D eigenvalue weighted by Gasteiger charge is -2.27. The third-order valence-electron chi connectivity index (χ3n) is 4.56. The predicted octanol–water partition coefficient (Wildman–Crippen LogP) is 4.38. The number of carbonyl (C=O) groups is 1. The van der Waals surface area contributed by atoms with Crippen LogP contribution < -0.4 is 16.3 Å². The van der Waals surface area contributed by atoms with E-state index in [1.807, 2.05) is 40.0 Å². The van der Waals surface area contributed by atoms with E-state index in [1.54, 1.807) is 23.1 Å². The lowest BCUT2D eigenvalue weighted by molar-refractivity contribution is -0.0757. The summed E-state index contributed by atoms with van der Waals surface area (Å²) >= 11 is 3.30. The molecule has 0 aliphatic carbocycles. The number of hydrogen-bond donors (Lipinski definition) is 2. The van der Waals surface area contributed by atoms with Gasteiger partial charge in [-0.1, -0.05) is 15.9 Å². The summed E-state index contributed by atoms with van der Waals surface area (Å²) in [6.07, 6.45) is 5.72. The summed E-state index contributed by atoms with van der Waals surface area (Å²) in [7, 11) is 3.44. The molecule has 0 saturated carbocycles. The number of ether oxygens (including phenoxy) is 3. The van der Waals surface area contributed by atoms with Crippen LogP contribution in [0, 0.1) is 0 Å². The second-order valence-electron chi connectivity index (χ2n) is 8.55. The Bertz CT molecular complexity index is 655. The number of nitrogen functional groups attached to an aromatic ring is 1. The predicted molar refractivity (Wildman–Crippen MR) is 128 cm³/mol. The maximum Gasteiger partial charge on any atom is 0.410 e. The van der Waals surface area contributed by atoms with E-state index in [1.165, 1.54) is 12.8 Å². The molecule has 1 amide bonds. The quantitative estimate of drug-likeness (QED) is 0.351. The van der Waals surface area contributed by atoms with E-state index >= 15 is 0 Å². The average molecular weight is 503 g/mol. The number of rotatable bonds is 2. The highest BCUT2D eigenvalue weighted by Crippen LogP contribution is 2.24. The first-order chi connectivity index (χ1) is 14.5. The number of nitrogens with zero attached hydrogens (tertiary/aromatic N) is 2. The van der Waals surface area contributed by atoms with Crippen molar-refractivity contribution in [3.05, 3.63) is 22.7 Å². The number of hydrogen-bond acceptors (Lipinski definition) is 7. The van der Waals surface area contributed by atoms with Gasteiger partial charge in [-0.3, -0.25) is 5.84 Å². The van der Waals surface area contributed by atoms with Gasteiger partial charge in [0.2, 0.25) is 0 Å². The molecule has 0 spiro atoms. The number of carbonyl (C=O) groups excluding carboxylic acids is 1. The van der Waals surface area contributed by atoms with Gasteiger partial charge in [-0.2, -0.15) is 0 Å². The zero-order valence-corrected chi connectivity index (χ0v) is 21.1. The summed E-state index contributed by atoms with van der Waals surface area (Å²) < 4.78 is 16.5. The van der Waals surface area contributed by atoms with Gasteiger partial charge in [0.1, 0.15) is 17.6 Å². The van der Waals surface area contributed by atoms with Crippen molar-refractivity contribution in [3.63, 3.8) is 0 Å². The molecule has 2 heterocycles. The number of methoxy groups -OCH3 is 1. The molecule has 1 aromatic rings. The third-order valence-corrected chi connectivity index (χ3v) is 5.06. The highest BCUT2D eigenvalue weighted by Gasteiger charge is 2.23. The van der Waals surface area contributed by atoms with Gasteiger partial charge in [0.15, 0.2) is 0 Å². The second kappa shape index (κ2) is 13.8. The number of halogens is 1. The van der Waals surface area contributed by atoms with E-state index in [0.29, 0.717) is 11.4 Å². The second-order valence-corrected chi connectivity index (χ2v) is 9.46. The summed E-state index contributed by atoms with van der Waals surface area (Å²) in [5, 5.41) is 1.64. The Labute approximate surface area is 195 Å². The normalized spacial score (nSPS) is 18.5. The lowest BCUT2D eigenvalue weighted by Crippen LogP contribution is -2.41. The lowest BCUT2D eigenvalue weighted by atomic mass is 10.2. The van der Waals surface area contributed by atoms with Gasteiger partial charge in [-0.05, 0) is 71.1 Å². The monoisotopic (exact) mass is 502 g/mol. The van der Waals surface area contributed by atoms with Crippen LogP contribution in [0.15, 0.2) is 22.7 Å². The zero-order valence-electron chi connectivity index (χ0n) is 19.5. The topological polar surface area (TPSA) is 103 Å². The standard InChI is InChI=1S/C9H17NO2.C7H8BrNO.C6H14N2O/c1-9(2,3)12-8(11)10-6-4-5-7-10;1-10-7-4-5(8)2-3-6(7)9;1-8(7)6-4-2-3-5-9-6/h4-7H2,1-3H3;2-4H,9H2,1H3;6H,2-5,7H2,1H3. The van der Waals surface area contributed by atoms with E-state index in [-0.39, 0.29) is 17.9 Å². The minimum absolute atomic E-state index is 0.166. The molecule has 1 aromatic carbocycles. The first-order valence-electron chi connectivity index (χ1n) is 10.7. The highest BCUT2D eigenvalue weighted by molar-refractivity contribution is 9.10. The molecule has 9 heteroatoms. The molecule has 1 unspecified atom stereocenters. The van der Waals surface area contributed by atoms with Crippen molar-refractivity contribution in [1.82, 2.24) is 9.91 Å². The van der Waals surface area contributed by atoms with Gasteiger partial charge in [-0.25, -0.2) is 9.80 Å². The van der Waals surface area contributed by atoms with Crippen LogP contribution in [0.4, 0.5) is 10.5 Å². The van der Waals surface area contributed by atoms with Gasteiger partial charge in [0.05, 0.1) is 12.8 Å². The fraction of sp³-hybridized carbons (Fsp3) is 0.682. The summed E-state index contributed by atoms with van der Waals surface area (Å²) in [6, 6.07) is 5.50. The van der Waals surface area contributed by atoms with Gasteiger partial charge < -0.3 is 24.8 Å². The van der Waals surface area contributed by atoms with E-state index in [2.05, 4.69) is 15.9 Å². The first-order valence-corrected chi connectivity index (χ1v) is 11.5. The Morgan fingerprint density at radius 2 is 1.87 bits per heavy atom. The van der Waals surface area contributed by atoms with Crippen molar-refractivity contribution < 1.29 is 19.0 Å². The van der Waals surface area contributed by atoms with Gasteiger partial charge >= 0.3 is 6.09 Å². The number of likely N-dealkylation sites (tertiary alicyclic amines) is 1. The maximum atomic E-state index is 11.4. The molecule has 31 heavy (non-hydrogen) atoms. The van der Waals surface area contributed by atoms with Crippen molar-refractivity contribution in [2.75, 3.05) is 39.6 Å². The fourth-order valence-electron chi connectivity index (χ4n) is 2.96. The molecule has 1 atom stereocenters. The molecule has 0 bridgehead atoms. The summed E-state index contributed by atoms with van der Waals surface area (Å²) in [5.74, 6) is 6.18. The van der Waals surface area contributed by atoms with Crippen molar-refractivity contribution >= 4 is 27.7 Å². The van der Waals surface area contributed by atoms with E-state index in [9.17, 15) is 4.79 Å². The van der Waals surface area contributed by atoms with Crippen LogP contribution in [-0.4, -0.2) is 61.7 Å². The number of benzene rings is 1. The van der Waals surface area contributed by atoms with Crippen molar-refractivity contribution in [3.8, 4) is 5.75 Å². The number of hydrazine groups is 1. The smallest absolute Gasteiger partial charge is 0.410 e. The van der Waals surface area contributed by atoms with Crippen molar-refractivity contribution in [1.29, 1.82) is 0 Å². The van der Waals surface area contributed by atoms with E-state index in [0.717, 1.165) is 43.4 Å². The Morgan fingerprint density at radius 3 is 2.29 bits per heavy atom. The molecular weight excluding hydrogens is 464 g/mol. The van der Waals surface area contributed by atoms with E-state index in [4.69, 9.17) is 25.8 Å². The van der Waals surface area contributed by atoms with Crippen LogP contribution in [0.25, 0.3) is 0 Å². The number of nitrogens with two attached hydrogens (primary N) is 2. The van der Waals surface area contributed by atoms with Crippen LogP contribution in [0.5, 0.6) is 5.75 Å². The molecule has 178 valence electrons. The molecule has 4 N–H and O–H groups in total. The van der Waals surface area contributed by atoms with Crippen LogP contribution in [0.3, 0.4) is 0 Å². The largest absolute Gasteiger partial charge is 0.495 e.